The van der Waals surface area contributed by atoms with Crippen LogP contribution in [0.2, 0.25) is 0 Å². The highest BCUT2D eigenvalue weighted by atomic mass is 32.2. The van der Waals surface area contributed by atoms with Crippen molar-refractivity contribution in [3.63, 3.8) is 0 Å². The van der Waals surface area contributed by atoms with Crippen LogP contribution in [0.15, 0.2) is 45.7 Å². The van der Waals surface area contributed by atoms with Crippen LogP contribution in [0.1, 0.15) is 11.5 Å². The summed E-state index contributed by atoms with van der Waals surface area (Å²) < 4.78 is 5.45. The Labute approximate surface area is 122 Å². The smallest absolute Gasteiger partial charge is 0.233 e. The van der Waals surface area contributed by atoms with Gasteiger partial charge in [-0.2, -0.15) is 0 Å². The van der Waals surface area contributed by atoms with E-state index >= 15 is 0 Å². The van der Waals surface area contributed by atoms with E-state index < -0.39 is 0 Å². The van der Waals surface area contributed by atoms with Gasteiger partial charge in [-0.25, -0.2) is 0 Å². The lowest BCUT2D eigenvalue weighted by atomic mass is 10.3. The van der Waals surface area contributed by atoms with Gasteiger partial charge < -0.3 is 14.4 Å². The molecule has 0 radical (unpaired) electrons. The molecule has 1 aromatic heterocycles. The van der Waals surface area contributed by atoms with E-state index in [2.05, 4.69) is 0 Å². The number of amides is 1. The van der Waals surface area contributed by atoms with Crippen LogP contribution < -0.4 is 0 Å². The molecule has 0 aliphatic rings. The maximum Gasteiger partial charge on any atom is 0.233 e. The maximum absolute atomic E-state index is 12.0. The second-order valence-electron chi connectivity index (χ2n) is 4.55. The minimum Gasteiger partial charge on any atom is -0.508 e. The van der Waals surface area contributed by atoms with Gasteiger partial charge in [0.05, 0.1) is 12.3 Å². The number of carbonyl (C=O) groups excluding carboxylic acids is 1. The highest BCUT2D eigenvalue weighted by Crippen LogP contribution is 2.22. The highest BCUT2D eigenvalue weighted by Gasteiger charge is 2.11. The highest BCUT2D eigenvalue weighted by molar-refractivity contribution is 8.00. The van der Waals surface area contributed by atoms with Crippen molar-refractivity contribution in [1.82, 2.24) is 4.90 Å². The van der Waals surface area contributed by atoms with E-state index in [-0.39, 0.29) is 11.7 Å². The quantitative estimate of drug-likeness (QED) is 0.860. The minimum atomic E-state index is 0.0207. The molecule has 1 amide bonds. The largest absolute Gasteiger partial charge is 0.508 e. The molecule has 5 heteroatoms. The summed E-state index contributed by atoms with van der Waals surface area (Å²) in [5.41, 5.74) is 0. The van der Waals surface area contributed by atoms with Crippen molar-refractivity contribution >= 4 is 17.7 Å². The van der Waals surface area contributed by atoms with Gasteiger partial charge >= 0.3 is 0 Å². The molecule has 0 atom stereocenters. The zero-order valence-corrected chi connectivity index (χ0v) is 12.3. The van der Waals surface area contributed by atoms with E-state index in [4.69, 9.17) is 4.42 Å². The monoisotopic (exact) mass is 291 g/mol. The predicted molar refractivity (Wildman–Crippen MR) is 78.7 cm³/mol. The number of carbonyl (C=O) groups is 1. The number of phenolic OH excluding ortho intramolecular Hbond substituents is 1. The van der Waals surface area contributed by atoms with Crippen LogP contribution in [0, 0.1) is 6.92 Å². The van der Waals surface area contributed by atoms with Gasteiger partial charge in [0.25, 0.3) is 0 Å². The normalized spacial score (nSPS) is 10.5. The summed E-state index contributed by atoms with van der Waals surface area (Å²) in [4.78, 5) is 14.5. The summed E-state index contributed by atoms with van der Waals surface area (Å²) in [7, 11) is 1.75. The lowest BCUT2D eigenvalue weighted by molar-refractivity contribution is -0.127. The Bertz CT molecular complexity index is 594. The standard InChI is InChI=1S/C15H17NO3S/c1-11-6-7-13(19-11)9-16(2)15(18)10-20-14-5-3-4-12(17)8-14/h3-8,17H,9-10H2,1-2H3. The van der Waals surface area contributed by atoms with Crippen molar-refractivity contribution in [2.75, 3.05) is 12.8 Å². The molecule has 1 N–H and O–H groups in total. The fourth-order valence-electron chi connectivity index (χ4n) is 1.72. The first-order valence-electron chi connectivity index (χ1n) is 6.25. The van der Waals surface area contributed by atoms with Crippen LogP contribution in [-0.4, -0.2) is 28.7 Å². The van der Waals surface area contributed by atoms with Gasteiger partial charge in [0.1, 0.15) is 17.3 Å². The van der Waals surface area contributed by atoms with Gasteiger partial charge in [0.2, 0.25) is 5.91 Å². The number of nitrogens with zero attached hydrogens (tertiary/aromatic N) is 1. The molecule has 0 saturated carbocycles. The fourth-order valence-corrected chi connectivity index (χ4v) is 2.61. The first-order chi connectivity index (χ1) is 9.54. The van der Waals surface area contributed by atoms with E-state index in [0.717, 1.165) is 16.4 Å². The molecule has 20 heavy (non-hydrogen) atoms. The molecule has 0 bridgehead atoms. The molecule has 1 aromatic carbocycles. The Morgan fingerprint density at radius 1 is 1.35 bits per heavy atom. The van der Waals surface area contributed by atoms with Crippen molar-refractivity contribution < 1.29 is 14.3 Å². The summed E-state index contributed by atoms with van der Waals surface area (Å²) in [6, 6.07) is 10.6. The summed E-state index contributed by atoms with van der Waals surface area (Å²) in [5, 5.41) is 9.36. The Morgan fingerprint density at radius 3 is 2.80 bits per heavy atom. The lowest BCUT2D eigenvalue weighted by Crippen LogP contribution is -2.27. The fraction of sp³-hybridized carbons (Fsp3) is 0.267. The molecule has 2 rings (SSSR count). The molecular formula is C15H17NO3S. The van der Waals surface area contributed by atoms with Crippen LogP contribution in [-0.2, 0) is 11.3 Å². The molecule has 4 nitrogen and oxygen atoms in total. The number of hydrogen-bond acceptors (Lipinski definition) is 4. The van der Waals surface area contributed by atoms with Crippen molar-refractivity contribution in [3.05, 3.63) is 47.9 Å². The number of aryl methyl sites for hydroxylation is 1. The van der Waals surface area contributed by atoms with Crippen LogP contribution >= 0.6 is 11.8 Å². The van der Waals surface area contributed by atoms with Crippen molar-refractivity contribution in [1.29, 1.82) is 0 Å². The Hall–Kier alpha value is -1.88. The van der Waals surface area contributed by atoms with E-state index in [1.807, 2.05) is 25.1 Å². The summed E-state index contributed by atoms with van der Waals surface area (Å²) in [6.45, 7) is 2.34. The number of furan rings is 1. The number of benzene rings is 1. The third kappa shape index (κ3) is 4.06. The molecule has 0 fully saturated rings. The van der Waals surface area contributed by atoms with Crippen molar-refractivity contribution in [2.45, 2.75) is 18.4 Å². The van der Waals surface area contributed by atoms with Gasteiger partial charge in [0.15, 0.2) is 0 Å². The molecule has 1 heterocycles. The molecule has 0 aliphatic carbocycles. The first-order valence-corrected chi connectivity index (χ1v) is 7.24. The van der Waals surface area contributed by atoms with E-state index in [1.54, 1.807) is 30.1 Å². The number of aromatic hydroxyl groups is 1. The van der Waals surface area contributed by atoms with Gasteiger partial charge in [-0.05, 0) is 37.3 Å². The zero-order chi connectivity index (χ0) is 14.5. The Kier molecular flexibility index (Phi) is 4.74. The third-order valence-corrected chi connectivity index (χ3v) is 3.77. The van der Waals surface area contributed by atoms with Gasteiger partial charge in [-0.3, -0.25) is 4.79 Å². The second-order valence-corrected chi connectivity index (χ2v) is 5.60. The summed E-state index contributed by atoms with van der Waals surface area (Å²) >= 11 is 1.40. The average molecular weight is 291 g/mol. The number of phenols is 1. The van der Waals surface area contributed by atoms with Gasteiger partial charge in [-0.15, -0.1) is 11.8 Å². The molecule has 0 aliphatic heterocycles. The third-order valence-electron chi connectivity index (χ3n) is 2.79. The summed E-state index contributed by atoms with van der Waals surface area (Å²) in [6.07, 6.45) is 0. The Morgan fingerprint density at radius 2 is 2.15 bits per heavy atom. The van der Waals surface area contributed by atoms with E-state index in [1.165, 1.54) is 11.8 Å². The number of thioether (sulfide) groups is 1. The van der Waals surface area contributed by atoms with Crippen molar-refractivity contribution in [2.24, 2.45) is 0 Å². The molecular weight excluding hydrogens is 274 g/mol. The molecule has 0 saturated heterocycles. The summed E-state index contributed by atoms with van der Waals surface area (Å²) in [5.74, 6) is 2.18. The van der Waals surface area contributed by atoms with Crippen molar-refractivity contribution in [3.8, 4) is 5.75 Å². The Balaban J connectivity index is 1.85. The van der Waals surface area contributed by atoms with Gasteiger partial charge in [-0.1, -0.05) is 6.07 Å². The molecule has 106 valence electrons. The van der Waals surface area contributed by atoms with Crippen LogP contribution in [0.5, 0.6) is 5.75 Å². The molecule has 0 unspecified atom stereocenters. The van der Waals surface area contributed by atoms with Crippen LogP contribution in [0.4, 0.5) is 0 Å². The van der Waals surface area contributed by atoms with E-state index in [9.17, 15) is 9.90 Å². The SMILES string of the molecule is Cc1ccc(CN(C)C(=O)CSc2cccc(O)c2)o1. The van der Waals surface area contributed by atoms with Gasteiger partial charge in [0, 0.05) is 11.9 Å². The number of hydrogen-bond donors (Lipinski definition) is 1. The number of rotatable bonds is 5. The van der Waals surface area contributed by atoms with Crippen LogP contribution in [0.25, 0.3) is 0 Å². The van der Waals surface area contributed by atoms with Crippen LogP contribution in [0.3, 0.4) is 0 Å². The molecule has 0 spiro atoms. The topological polar surface area (TPSA) is 53.7 Å². The lowest BCUT2D eigenvalue weighted by Gasteiger charge is -2.15. The maximum atomic E-state index is 12.0. The second kappa shape index (κ2) is 6.52. The predicted octanol–water partition coefficient (Wildman–Crippen LogP) is 3.04. The average Bonchev–Trinajstić information content (AvgIpc) is 2.81. The minimum absolute atomic E-state index is 0.0207. The first kappa shape index (κ1) is 14.5. The molecule has 2 aromatic rings. The van der Waals surface area contributed by atoms with E-state index in [0.29, 0.717) is 12.3 Å². The zero-order valence-electron chi connectivity index (χ0n) is 11.5.